The molecule has 4 heteroatoms. The van der Waals surface area contributed by atoms with Gasteiger partial charge in [-0.2, -0.15) is 5.26 Å². The lowest BCUT2D eigenvalue weighted by atomic mass is 10.1. The third kappa shape index (κ3) is 2.15. The van der Waals surface area contributed by atoms with Crippen LogP contribution in [0.2, 0.25) is 0 Å². The van der Waals surface area contributed by atoms with Crippen LogP contribution in [0.4, 0.5) is 0 Å². The summed E-state index contributed by atoms with van der Waals surface area (Å²) in [6.07, 6.45) is 2.24. The summed E-state index contributed by atoms with van der Waals surface area (Å²) in [4.78, 5) is 0. The van der Waals surface area contributed by atoms with Crippen LogP contribution in [-0.4, -0.2) is 15.4 Å². The minimum Gasteiger partial charge on any atom is -0.191 e. The lowest BCUT2D eigenvalue weighted by Gasteiger charge is -2.00. The largest absolute Gasteiger partial charge is 0.191 e. The molecular formula is C11H8N4. The van der Waals surface area contributed by atoms with Crippen LogP contribution in [0.1, 0.15) is 16.8 Å². The number of hydrogen-bond acceptors (Lipinski definition) is 4. The van der Waals surface area contributed by atoms with Gasteiger partial charge >= 0.3 is 0 Å². The number of rotatable bonds is 2. The molecule has 0 atom stereocenters. The summed E-state index contributed by atoms with van der Waals surface area (Å²) in [6.45, 7) is 0. The standard InChI is InChI=1S/C11H8N4/c12-7-11-10(8-13-15-14-11)6-9-4-2-1-3-5-9/h1-5,8H,6H2. The molecule has 4 nitrogen and oxygen atoms in total. The zero-order chi connectivity index (χ0) is 10.5. The second-order valence-corrected chi connectivity index (χ2v) is 3.08. The molecule has 0 aliphatic heterocycles. The minimum absolute atomic E-state index is 0.342. The number of benzene rings is 1. The van der Waals surface area contributed by atoms with Crippen LogP contribution in [0.15, 0.2) is 36.5 Å². The average Bonchev–Trinajstić information content (AvgIpc) is 2.31. The van der Waals surface area contributed by atoms with Gasteiger partial charge in [0.1, 0.15) is 6.07 Å². The smallest absolute Gasteiger partial charge is 0.170 e. The fourth-order valence-corrected chi connectivity index (χ4v) is 1.33. The van der Waals surface area contributed by atoms with E-state index in [1.807, 2.05) is 36.4 Å². The van der Waals surface area contributed by atoms with Gasteiger partial charge in [0.2, 0.25) is 0 Å². The van der Waals surface area contributed by atoms with Crippen molar-refractivity contribution in [3.8, 4) is 6.07 Å². The molecule has 2 rings (SSSR count). The van der Waals surface area contributed by atoms with E-state index < -0.39 is 0 Å². The SMILES string of the molecule is N#Cc1nnncc1Cc1ccccc1. The first-order valence-corrected chi connectivity index (χ1v) is 4.51. The molecule has 0 fully saturated rings. The quantitative estimate of drug-likeness (QED) is 0.727. The van der Waals surface area contributed by atoms with Gasteiger partial charge < -0.3 is 0 Å². The van der Waals surface area contributed by atoms with Crippen molar-refractivity contribution in [3.05, 3.63) is 53.3 Å². The Bertz CT molecular complexity index is 487. The van der Waals surface area contributed by atoms with Crippen LogP contribution in [0.3, 0.4) is 0 Å². The van der Waals surface area contributed by atoms with E-state index >= 15 is 0 Å². The Morgan fingerprint density at radius 3 is 2.73 bits per heavy atom. The topological polar surface area (TPSA) is 62.5 Å². The van der Waals surface area contributed by atoms with Crippen LogP contribution in [0.25, 0.3) is 0 Å². The van der Waals surface area contributed by atoms with Crippen LogP contribution >= 0.6 is 0 Å². The van der Waals surface area contributed by atoms with E-state index in [-0.39, 0.29) is 0 Å². The lowest BCUT2D eigenvalue weighted by Crippen LogP contribution is -1.99. The first kappa shape index (κ1) is 9.28. The molecule has 0 unspecified atom stereocenters. The van der Waals surface area contributed by atoms with Crippen molar-refractivity contribution < 1.29 is 0 Å². The zero-order valence-electron chi connectivity index (χ0n) is 7.96. The van der Waals surface area contributed by atoms with Crippen molar-refractivity contribution in [1.82, 2.24) is 15.4 Å². The van der Waals surface area contributed by atoms with Gasteiger partial charge in [0.25, 0.3) is 0 Å². The monoisotopic (exact) mass is 196 g/mol. The number of aromatic nitrogens is 3. The van der Waals surface area contributed by atoms with E-state index in [9.17, 15) is 0 Å². The predicted octanol–water partition coefficient (Wildman–Crippen LogP) is 1.33. The molecule has 15 heavy (non-hydrogen) atoms. The van der Waals surface area contributed by atoms with E-state index in [0.717, 1.165) is 11.1 Å². The van der Waals surface area contributed by atoms with Crippen LogP contribution in [0.5, 0.6) is 0 Å². The summed E-state index contributed by atoms with van der Waals surface area (Å²) in [6, 6.07) is 11.9. The molecule has 1 heterocycles. The van der Waals surface area contributed by atoms with Crippen molar-refractivity contribution >= 4 is 0 Å². The van der Waals surface area contributed by atoms with Crippen LogP contribution in [-0.2, 0) is 6.42 Å². The van der Waals surface area contributed by atoms with E-state index in [2.05, 4.69) is 15.4 Å². The van der Waals surface area contributed by atoms with Crippen molar-refractivity contribution in [2.45, 2.75) is 6.42 Å². The summed E-state index contributed by atoms with van der Waals surface area (Å²) in [5, 5.41) is 19.6. The molecule has 0 aliphatic carbocycles. The Morgan fingerprint density at radius 1 is 1.20 bits per heavy atom. The fourth-order valence-electron chi connectivity index (χ4n) is 1.33. The highest BCUT2D eigenvalue weighted by Gasteiger charge is 2.04. The van der Waals surface area contributed by atoms with Gasteiger partial charge in [-0.15, -0.1) is 10.2 Å². The average molecular weight is 196 g/mol. The van der Waals surface area contributed by atoms with Crippen molar-refractivity contribution in [2.24, 2.45) is 0 Å². The zero-order valence-corrected chi connectivity index (χ0v) is 7.96. The summed E-state index contributed by atoms with van der Waals surface area (Å²) >= 11 is 0. The maximum absolute atomic E-state index is 8.82. The van der Waals surface area contributed by atoms with Crippen molar-refractivity contribution in [2.75, 3.05) is 0 Å². The van der Waals surface area contributed by atoms with E-state index in [4.69, 9.17) is 5.26 Å². The molecule has 0 saturated carbocycles. The van der Waals surface area contributed by atoms with Gasteiger partial charge in [-0.3, -0.25) is 0 Å². The number of nitrogens with zero attached hydrogens (tertiary/aromatic N) is 4. The maximum atomic E-state index is 8.82. The van der Waals surface area contributed by atoms with Gasteiger partial charge in [-0.05, 0) is 10.8 Å². The second kappa shape index (κ2) is 4.29. The van der Waals surface area contributed by atoms with Crippen molar-refractivity contribution in [1.29, 1.82) is 5.26 Å². The molecule has 0 amide bonds. The van der Waals surface area contributed by atoms with E-state index in [0.29, 0.717) is 12.1 Å². The fraction of sp³-hybridized carbons (Fsp3) is 0.0909. The highest BCUT2D eigenvalue weighted by molar-refractivity contribution is 5.32. The Kier molecular flexibility index (Phi) is 2.65. The molecule has 72 valence electrons. The van der Waals surface area contributed by atoms with Gasteiger partial charge in [-0.1, -0.05) is 30.3 Å². The summed E-state index contributed by atoms with van der Waals surface area (Å²) in [5.74, 6) is 0. The first-order chi connectivity index (χ1) is 7.40. The van der Waals surface area contributed by atoms with Gasteiger partial charge in [0, 0.05) is 12.0 Å². The Hall–Kier alpha value is -2.28. The molecule has 0 radical (unpaired) electrons. The Labute approximate surface area is 87.2 Å². The van der Waals surface area contributed by atoms with Crippen LogP contribution < -0.4 is 0 Å². The second-order valence-electron chi connectivity index (χ2n) is 3.08. The first-order valence-electron chi connectivity index (χ1n) is 4.51. The third-order valence-electron chi connectivity index (χ3n) is 2.06. The molecule has 2 aromatic rings. The Balaban J connectivity index is 2.29. The third-order valence-corrected chi connectivity index (χ3v) is 2.06. The normalized spacial score (nSPS) is 9.53. The van der Waals surface area contributed by atoms with Crippen LogP contribution in [0, 0.1) is 11.3 Å². The highest BCUT2D eigenvalue weighted by Crippen LogP contribution is 2.09. The molecule has 0 bridgehead atoms. The number of nitriles is 1. The van der Waals surface area contributed by atoms with E-state index in [1.54, 1.807) is 6.20 Å². The van der Waals surface area contributed by atoms with Gasteiger partial charge in [0.15, 0.2) is 5.69 Å². The lowest BCUT2D eigenvalue weighted by molar-refractivity contribution is 0.832. The molecule has 0 saturated heterocycles. The highest BCUT2D eigenvalue weighted by atomic mass is 15.3. The maximum Gasteiger partial charge on any atom is 0.170 e. The molecule has 0 aliphatic rings. The molecule has 1 aromatic heterocycles. The van der Waals surface area contributed by atoms with Gasteiger partial charge in [0.05, 0.1) is 6.20 Å². The van der Waals surface area contributed by atoms with Gasteiger partial charge in [-0.25, -0.2) is 0 Å². The molecule has 0 N–H and O–H groups in total. The molecular weight excluding hydrogens is 188 g/mol. The summed E-state index contributed by atoms with van der Waals surface area (Å²) in [5.41, 5.74) is 2.27. The predicted molar refractivity (Wildman–Crippen MR) is 53.8 cm³/mol. The minimum atomic E-state index is 0.342. The Morgan fingerprint density at radius 2 is 2.00 bits per heavy atom. The molecule has 0 spiro atoms. The number of hydrogen-bond donors (Lipinski definition) is 0. The van der Waals surface area contributed by atoms with Crippen molar-refractivity contribution in [3.63, 3.8) is 0 Å². The summed E-state index contributed by atoms with van der Waals surface area (Å²) < 4.78 is 0. The van der Waals surface area contributed by atoms with E-state index in [1.165, 1.54) is 0 Å². The molecule has 1 aromatic carbocycles. The summed E-state index contributed by atoms with van der Waals surface area (Å²) in [7, 11) is 0.